The summed E-state index contributed by atoms with van der Waals surface area (Å²) in [7, 11) is 0. The van der Waals surface area contributed by atoms with E-state index >= 15 is 0 Å². The fourth-order valence-electron chi connectivity index (χ4n) is 2.21. The van der Waals surface area contributed by atoms with Crippen LogP contribution in [0.25, 0.3) is 5.76 Å². The molecule has 0 bridgehead atoms. The monoisotopic (exact) mass is 347 g/mol. The van der Waals surface area contributed by atoms with Crippen molar-refractivity contribution in [3.05, 3.63) is 41.6 Å². The number of nitrogens with zero attached hydrogens (tertiary/aromatic N) is 3. The Morgan fingerprint density at radius 3 is 2.56 bits per heavy atom. The van der Waals surface area contributed by atoms with Gasteiger partial charge in [-0.1, -0.05) is 30.3 Å². The standard InChI is InChI=1S/C17H21N3O5/c1-2-25-14(21)12-18-19-15(16(22)13-6-4-3-5-7-13)17(23)20-8-10-24-11-9-20/h3-7,22H,2,8-12H2,1H3/b16-15-,19-18?. The van der Waals surface area contributed by atoms with Gasteiger partial charge in [0.2, 0.25) is 0 Å². The predicted octanol–water partition coefficient (Wildman–Crippen LogP) is 1.79. The van der Waals surface area contributed by atoms with Gasteiger partial charge in [0.1, 0.15) is 0 Å². The number of morpholine rings is 1. The first kappa shape index (κ1) is 18.6. The van der Waals surface area contributed by atoms with Crippen molar-refractivity contribution in [2.24, 2.45) is 10.2 Å². The highest BCUT2D eigenvalue weighted by Gasteiger charge is 2.24. The number of hydrogen-bond donors (Lipinski definition) is 1. The van der Waals surface area contributed by atoms with Crippen LogP contribution in [0.2, 0.25) is 0 Å². The number of esters is 1. The lowest BCUT2D eigenvalue weighted by atomic mass is 10.1. The van der Waals surface area contributed by atoms with Crippen LogP contribution in [0, 0.1) is 0 Å². The average Bonchev–Trinajstić information content (AvgIpc) is 2.66. The molecule has 25 heavy (non-hydrogen) atoms. The van der Waals surface area contributed by atoms with Gasteiger partial charge in [0.15, 0.2) is 18.0 Å². The van der Waals surface area contributed by atoms with Gasteiger partial charge in [-0.15, -0.1) is 5.11 Å². The zero-order chi connectivity index (χ0) is 18.1. The summed E-state index contributed by atoms with van der Waals surface area (Å²) in [4.78, 5) is 25.6. The zero-order valence-corrected chi connectivity index (χ0v) is 14.1. The summed E-state index contributed by atoms with van der Waals surface area (Å²) in [6, 6.07) is 8.57. The Labute approximate surface area is 145 Å². The van der Waals surface area contributed by atoms with Crippen LogP contribution in [0.5, 0.6) is 0 Å². The number of hydrogen-bond acceptors (Lipinski definition) is 7. The molecule has 134 valence electrons. The Morgan fingerprint density at radius 1 is 1.24 bits per heavy atom. The van der Waals surface area contributed by atoms with E-state index in [9.17, 15) is 14.7 Å². The predicted molar refractivity (Wildman–Crippen MR) is 89.7 cm³/mol. The number of azo groups is 1. The van der Waals surface area contributed by atoms with Crippen molar-refractivity contribution in [2.75, 3.05) is 39.5 Å². The first-order valence-corrected chi connectivity index (χ1v) is 8.02. The van der Waals surface area contributed by atoms with E-state index in [1.807, 2.05) is 0 Å². The number of rotatable bonds is 6. The van der Waals surface area contributed by atoms with E-state index in [0.717, 1.165) is 0 Å². The van der Waals surface area contributed by atoms with Gasteiger partial charge in [-0.25, -0.2) is 4.79 Å². The minimum absolute atomic E-state index is 0.211. The molecule has 0 radical (unpaired) electrons. The SMILES string of the molecule is CCOC(=O)CN=N/C(C(=O)N1CCOCC1)=C(\O)c1ccccc1. The molecule has 1 aliphatic heterocycles. The third-order valence-corrected chi connectivity index (χ3v) is 3.45. The van der Waals surface area contributed by atoms with Gasteiger partial charge < -0.3 is 19.5 Å². The van der Waals surface area contributed by atoms with Crippen molar-refractivity contribution in [1.29, 1.82) is 0 Å². The van der Waals surface area contributed by atoms with Crippen molar-refractivity contribution in [3.63, 3.8) is 0 Å². The van der Waals surface area contributed by atoms with Gasteiger partial charge in [-0.3, -0.25) is 4.79 Å². The maximum atomic E-state index is 12.7. The second-order valence-electron chi connectivity index (χ2n) is 5.17. The summed E-state index contributed by atoms with van der Waals surface area (Å²) < 4.78 is 9.99. The summed E-state index contributed by atoms with van der Waals surface area (Å²) >= 11 is 0. The van der Waals surface area contributed by atoms with E-state index in [0.29, 0.717) is 31.9 Å². The maximum absolute atomic E-state index is 12.7. The third-order valence-electron chi connectivity index (χ3n) is 3.45. The summed E-state index contributed by atoms with van der Waals surface area (Å²) in [6.45, 7) is 3.24. The van der Waals surface area contributed by atoms with E-state index in [-0.39, 0.29) is 24.6 Å². The molecule has 0 spiro atoms. The Bertz CT molecular complexity index is 652. The molecule has 1 aromatic carbocycles. The molecular formula is C17H21N3O5. The van der Waals surface area contributed by atoms with Crippen molar-refractivity contribution >= 4 is 17.6 Å². The minimum Gasteiger partial charge on any atom is -0.505 e. The number of aliphatic hydroxyl groups is 1. The number of ether oxygens (including phenoxy) is 2. The molecule has 0 aromatic heterocycles. The molecular weight excluding hydrogens is 326 g/mol. The molecule has 8 heteroatoms. The smallest absolute Gasteiger partial charge is 0.329 e. The van der Waals surface area contributed by atoms with Gasteiger partial charge in [0, 0.05) is 18.7 Å². The molecule has 0 aliphatic carbocycles. The normalized spacial score (nSPS) is 15.8. The number of aliphatic hydroxyl groups excluding tert-OH is 1. The number of benzene rings is 1. The lowest BCUT2D eigenvalue weighted by molar-refractivity contribution is -0.141. The zero-order valence-electron chi connectivity index (χ0n) is 14.1. The molecule has 1 aromatic rings. The van der Waals surface area contributed by atoms with Crippen LogP contribution in [0.1, 0.15) is 12.5 Å². The van der Waals surface area contributed by atoms with E-state index in [1.54, 1.807) is 37.3 Å². The molecule has 1 fully saturated rings. The summed E-state index contributed by atoms with van der Waals surface area (Å²) in [5.74, 6) is -1.30. The molecule has 8 nitrogen and oxygen atoms in total. The van der Waals surface area contributed by atoms with E-state index in [4.69, 9.17) is 9.47 Å². The van der Waals surface area contributed by atoms with Crippen LogP contribution in [0.4, 0.5) is 0 Å². The third kappa shape index (κ3) is 5.39. The highest BCUT2D eigenvalue weighted by atomic mass is 16.5. The second-order valence-corrected chi connectivity index (χ2v) is 5.17. The van der Waals surface area contributed by atoms with Crippen molar-refractivity contribution < 1.29 is 24.2 Å². The molecule has 1 N–H and O–H groups in total. The molecule has 0 saturated carbocycles. The van der Waals surface area contributed by atoms with E-state index in [2.05, 4.69) is 10.2 Å². The highest BCUT2D eigenvalue weighted by molar-refractivity contribution is 5.99. The van der Waals surface area contributed by atoms with Gasteiger partial charge in [0.25, 0.3) is 5.91 Å². The van der Waals surface area contributed by atoms with E-state index < -0.39 is 11.9 Å². The van der Waals surface area contributed by atoms with Gasteiger partial charge >= 0.3 is 5.97 Å². The fourth-order valence-corrected chi connectivity index (χ4v) is 2.21. The summed E-state index contributed by atoms with van der Waals surface area (Å²) in [6.07, 6.45) is 0. The number of carbonyl (C=O) groups excluding carboxylic acids is 2. The van der Waals surface area contributed by atoms with Crippen molar-refractivity contribution in [2.45, 2.75) is 6.92 Å². The highest BCUT2D eigenvalue weighted by Crippen LogP contribution is 2.19. The Hall–Kier alpha value is -2.74. The van der Waals surface area contributed by atoms with Crippen molar-refractivity contribution in [3.8, 4) is 0 Å². The first-order valence-electron chi connectivity index (χ1n) is 8.02. The largest absolute Gasteiger partial charge is 0.505 e. The number of carbonyl (C=O) groups is 2. The Kier molecular flexibility index (Phi) is 7.09. The first-order chi connectivity index (χ1) is 12.1. The minimum atomic E-state index is -0.552. The van der Waals surface area contributed by atoms with Crippen LogP contribution < -0.4 is 0 Å². The molecule has 1 heterocycles. The number of amides is 1. The molecule has 0 unspecified atom stereocenters. The Morgan fingerprint density at radius 2 is 1.92 bits per heavy atom. The van der Waals surface area contributed by atoms with Crippen LogP contribution in [0.3, 0.4) is 0 Å². The summed E-state index contributed by atoms with van der Waals surface area (Å²) in [5, 5.41) is 18.0. The lowest BCUT2D eigenvalue weighted by Crippen LogP contribution is -2.41. The molecule has 0 atom stereocenters. The van der Waals surface area contributed by atoms with Crippen molar-refractivity contribution in [1.82, 2.24) is 4.90 Å². The maximum Gasteiger partial charge on any atom is 0.329 e. The average molecular weight is 347 g/mol. The van der Waals surface area contributed by atoms with Crippen LogP contribution in [-0.4, -0.2) is 61.3 Å². The lowest BCUT2D eigenvalue weighted by Gasteiger charge is -2.26. The van der Waals surface area contributed by atoms with Crippen LogP contribution in [-0.2, 0) is 19.1 Å². The summed E-state index contributed by atoms with van der Waals surface area (Å²) in [5.41, 5.74) is 0.228. The fraction of sp³-hybridized carbons (Fsp3) is 0.412. The molecule has 1 aliphatic rings. The molecule has 2 rings (SSSR count). The Balaban J connectivity index is 2.26. The quantitative estimate of drug-likeness (QED) is 0.366. The molecule has 1 amide bonds. The topological polar surface area (TPSA) is 101 Å². The van der Waals surface area contributed by atoms with Gasteiger partial charge in [-0.2, -0.15) is 5.11 Å². The van der Waals surface area contributed by atoms with E-state index in [1.165, 1.54) is 4.90 Å². The molecule has 1 saturated heterocycles. The van der Waals surface area contributed by atoms with Gasteiger partial charge in [-0.05, 0) is 6.92 Å². The van der Waals surface area contributed by atoms with Crippen LogP contribution >= 0.6 is 0 Å². The van der Waals surface area contributed by atoms with Gasteiger partial charge in [0.05, 0.1) is 19.8 Å². The second kappa shape index (κ2) is 9.53. The van der Waals surface area contributed by atoms with Crippen LogP contribution in [0.15, 0.2) is 46.3 Å².